The van der Waals surface area contributed by atoms with Gasteiger partial charge >= 0.3 is 11.9 Å². The van der Waals surface area contributed by atoms with Crippen LogP contribution in [0.4, 0.5) is 0 Å². The molecule has 0 aliphatic carbocycles. The molecule has 0 heterocycles. The average Bonchev–Trinajstić information content (AvgIpc) is 2.80. The Labute approximate surface area is 183 Å². The zero-order valence-corrected chi connectivity index (χ0v) is 17.5. The number of hydrogen-bond acceptors (Lipinski definition) is 8. The normalized spacial score (nSPS) is 11.4. The summed E-state index contributed by atoms with van der Waals surface area (Å²) in [4.78, 5) is 38.9. The second-order valence-corrected chi connectivity index (χ2v) is 6.84. The fourth-order valence-electron chi connectivity index (χ4n) is 3.00. The third-order valence-corrected chi connectivity index (χ3v) is 4.73. The lowest BCUT2D eigenvalue weighted by Crippen LogP contribution is -2.17. The van der Waals surface area contributed by atoms with E-state index in [1.807, 2.05) is 36.4 Å². The number of benzene rings is 3. The van der Waals surface area contributed by atoms with Crippen molar-refractivity contribution in [1.82, 2.24) is 0 Å². The summed E-state index contributed by atoms with van der Waals surface area (Å²) in [5, 5.41) is 11.1. The van der Waals surface area contributed by atoms with Gasteiger partial charge in [0.2, 0.25) is 0 Å². The van der Waals surface area contributed by atoms with E-state index >= 15 is 0 Å². The van der Waals surface area contributed by atoms with Crippen LogP contribution in [0, 0.1) is 10.1 Å². The summed E-state index contributed by atoms with van der Waals surface area (Å²) in [5.74, 6) is -0.809. The number of hydrogen-bond donors (Lipinski definition) is 0. The molecule has 0 fully saturated rings. The van der Waals surface area contributed by atoms with Gasteiger partial charge < -0.3 is 19.0 Å². The van der Waals surface area contributed by atoms with Crippen molar-refractivity contribution in [3.8, 4) is 11.5 Å². The molecule has 0 bridgehead atoms. The van der Waals surface area contributed by atoms with Crippen molar-refractivity contribution in [3.63, 3.8) is 0 Å². The van der Waals surface area contributed by atoms with Gasteiger partial charge in [0.15, 0.2) is 0 Å². The molecule has 3 aromatic rings. The lowest BCUT2D eigenvalue weighted by Gasteiger charge is -2.13. The first-order chi connectivity index (χ1) is 15.4. The smallest absolute Gasteiger partial charge is 0.338 e. The highest BCUT2D eigenvalue weighted by molar-refractivity contribution is 5.90. The first kappa shape index (κ1) is 22.5. The van der Waals surface area contributed by atoms with E-state index in [0.29, 0.717) is 0 Å². The largest absolute Gasteiger partial charge is 0.497 e. The molecule has 166 valence electrons. The molecule has 0 N–H and O–H groups in total. The number of esters is 2. The van der Waals surface area contributed by atoms with Crippen molar-refractivity contribution in [2.45, 2.75) is 12.8 Å². The van der Waals surface area contributed by atoms with Gasteiger partial charge in [0.1, 0.15) is 24.7 Å². The maximum Gasteiger partial charge on any atom is 0.338 e. The third-order valence-electron chi connectivity index (χ3n) is 4.73. The van der Waals surface area contributed by atoms with Gasteiger partial charge in [-0.05, 0) is 53.6 Å². The Morgan fingerprint density at radius 2 is 1.72 bits per heavy atom. The molecule has 9 heteroatoms. The molecule has 0 aliphatic rings. The zero-order valence-electron chi connectivity index (χ0n) is 17.5. The second kappa shape index (κ2) is 10.3. The maximum absolute atomic E-state index is 12.7. The number of carbonyl (C=O) groups is 2. The summed E-state index contributed by atoms with van der Waals surface area (Å²) in [6.07, 6.45) is 0. The Balaban J connectivity index is 1.65. The maximum atomic E-state index is 12.7. The fourth-order valence-corrected chi connectivity index (χ4v) is 3.00. The van der Waals surface area contributed by atoms with E-state index in [4.69, 9.17) is 14.2 Å². The molecule has 0 radical (unpaired) electrons. The summed E-state index contributed by atoms with van der Waals surface area (Å²) in [6, 6.07) is 17.3. The first-order valence-corrected chi connectivity index (χ1v) is 9.71. The monoisotopic (exact) mass is 439 g/mol. The molecule has 0 saturated heterocycles. The summed E-state index contributed by atoms with van der Waals surface area (Å²) >= 11 is 0. The number of ether oxygens (including phenoxy) is 3. The van der Waals surface area contributed by atoms with Crippen LogP contribution in [0.2, 0.25) is 0 Å². The lowest BCUT2D eigenvalue weighted by molar-refractivity contribution is -0.757. The van der Waals surface area contributed by atoms with Crippen LogP contribution in [0.3, 0.4) is 0 Å². The van der Waals surface area contributed by atoms with E-state index in [9.17, 15) is 19.7 Å². The highest BCUT2D eigenvalue weighted by Gasteiger charge is 2.19. The zero-order chi connectivity index (χ0) is 23.1. The topological polar surface area (TPSA) is 114 Å². The highest BCUT2D eigenvalue weighted by Crippen LogP contribution is 2.26. The molecule has 0 aromatic heterocycles. The number of rotatable bonds is 9. The SMILES string of the molecule is COc1ccc2cc([C@H](C)C(=O)Oc3cccc(C(=O)OCCO[N+](=O)[O-])c3)ccc2c1. The van der Waals surface area contributed by atoms with Crippen LogP contribution < -0.4 is 9.47 Å². The minimum absolute atomic E-state index is 0.142. The number of fused-ring (bicyclic) bond motifs is 1. The summed E-state index contributed by atoms with van der Waals surface area (Å²) in [6.45, 7) is 1.08. The van der Waals surface area contributed by atoms with Crippen LogP contribution >= 0.6 is 0 Å². The van der Waals surface area contributed by atoms with Gasteiger partial charge in [0.25, 0.3) is 5.09 Å². The Hall–Kier alpha value is -4.14. The minimum Gasteiger partial charge on any atom is -0.497 e. The van der Waals surface area contributed by atoms with E-state index in [1.54, 1.807) is 26.2 Å². The van der Waals surface area contributed by atoms with Crippen LogP contribution in [-0.2, 0) is 14.4 Å². The number of methoxy groups -OCH3 is 1. The van der Waals surface area contributed by atoms with Gasteiger partial charge in [-0.3, -0.25) is 4.79 Å². The molecule has 32 heavy (non-hydrogen) atoms. The van der Waals surface area contributed by atoms with Crippen molar-refractivity contribution < 1.29 is 33.7 Å². The van der Waals surface area contributed by atoms with Gasteiger partial charge in [0, 0.05) is 0 Å². The quantitative estimate of drug-likeness (QED) is 0.162. The molecule has 3 rings (SSSR count). The summed E-state index contributed by atoms with van der Waals surface area (Å²) < 4.78 is 15.6. The molecular formula is C23H21NO8. The first-order valence-electron chi connectivity index (χ1n) is 9.71. The van der Waals surface area contributed by atoms with Crippen molar-refractivity contribution in [3.05, 3.63) is 81.9 Å². The molecule has 0 aliphatic heterocycles. The van der Waals surface area contributed by atoms with Gasteiger partial charge in [-0.1, -0.05) is 30.3 Å². The van der Waals surface area contributed by atoms with Crippen molar-refractivity contribution >= 4 is 22.7 Å². The van der Waals surface area contributed by atoms with Gasteiger partial charge in [-0.2, -0.15) is 0 Å². The number of nitrogens with zero attached hydrogens (tertiary/aromatic N) is 1. The van der Waals surface area contributed by atoms with Gasteiger partial charge in [0.05, 0.1) is 18.6 Å². The van der Waals surface area contributed by atoms with E-state index in [2.05, 4.69) is 4.84 Å². The Morgan fingerprint density at radius 1 is 0.969 bits per heavy atom. The van der Waals surface area contributed by atoms with E-state index in [-0.39, 0.29) is 24.5 Å². The van der Waals surface area contributed by atoms with E-state index < -0.39 is 22.9 Å². The third kappa shape index (κ3) is 5.72. The standard InChI is InChI=1S/C23H21NO8/c1-15(16-6-7-18-13-20(29-2)9-8-17(18)12-16)22(25)32-21-5-3-4-19(14-21)23(26)30-10-11-31-24(27)28/h3-9,12-15H,10-11H2,1-2H3/t15-/m0/s1. The van der Waals surface area contributed by atoms with Crippen LogP contribution in [0.5, 0.6) is 11.5 Å². The molecular weight excluding hydrogens is 418 g/mol. The highest BCUT2D eigenvalue weighted by atomic mass is 17.0. The lowest BCUT2D eigenvalue weighted by atomic mass is 9.98. The molecule has 1 atom stereocenters. The minimum atomic E-state index is -0.971. The molecule has 9 nitrogen and oxygen atoms in total. The van der Waals surface area contributed by atoms with Crippen LogP contribution in [0.25, 0.3) is 10.8 Å². The van der Waals surface area contributed by atoms with Crippen molar-refractivity contribution in [2.75, 3.05) is 20.3 Å². The van der Waals surface area contributed by atoms with Crippen molar-refractivity contribution in [1.29, 1.82) is 0 Å². The number of carbonyl (C=O) groups excluding carboxylic acids is 2. The molecule has 0 spiro atoms. The van der Waals surface area contributed by atoms with Crippen LogP contribution in [-0.4, -0.2) is 37.3 Å². The van der Waals surface area contributed by atoms with Crippen LogP contribution in [0.1, 0.15) is 28.8 Å². The van der Waals surface area contributed by atoms with Gasteiger partial charge in [-0.25, -0.2) is 4.79 Å². The van der Waals surface area contributed by atoms with Crippen molar-refractivity contribution in [2.24, 2.45) is 0 Å². The Morgan fingerprint density at radius 3 is 2.47 bits per heavy atom. The summed E-state index contributed by atoms with van der Waals surface area (Å²) in [5.41, 5.74) is 0.928. The van der Waals surface area contributed by atoms with E-state index in [0.717, 1.165) is 22.1 Å². The average molecular weight is 439 g/mol. The fraction of sp³-hybridized carbons (Fsp3) is 0.217. The Bertz CT molecular complexity index is 1140. The van der Waals surface area contributed by atoms with Gasteiger partial charge in [-0.15, -0.1) is 10.1 Å². The molecule has 0 amide bonds. The van der Waals surface area contributed by atoms with Crippen LogP contribution in [0.15, 0.2) is 60.7 Å². The predicted octanol–water partition coefficient (Wildman–Crippen LogP) is 3.92. The molecule has 0 unspecified atom stereocenters. The second-order valence-electron chi connectivity index (χ2n) is 6.84. The molecule has 3 aromatic carbocycles. The van der Waals surface area contributed by atoms with E-state index in [1.165, 1.54) is 12.1 Å². The summed E-state index contributed by atoms with van der Waals surface area (Å²) in [7, 11) is 1.60. The molecule has 0 saturated carbocycles. The predicted molar refractivity (Wildman–Crippen MR) is 114 cm³/mol. The Kier molecular flexibility index (Phi) is 7.22.